The lowest BCUT2D eigenvalue weighted by atomic mass is 9.68. The zero-order valence-electron chi connectivity index (χ0n) is 31.0. The molecule has 3 heteroatoms. The van der Waals surface area contributed by atoms with Gasteiger partial charge in [0.2, 0.25) is 0 Å². The van der Waals surface area contributed by atoms with Gasteiger partial charge in [-0.3, -0.25) is 4.98 Å². The minimum Gasteiger partial charge on any atom is -0.264 e. The van der Waals surface area contributed by atoms with E-state index in [1.165, 1.54) is 44.5 Å². The lowest BCUT2D eigenvalue weighted by Gasteiger charge is -2.33. The molecule has 10 aromatic rings. The average molecular weight is 726 g/mol. The Bertz CT molecular complexity index is 3080. The molecule has 1 aliphatic carbocycles. The molecule has 1 aliphatic rings. The summed E-state index contributed by atoms with van der Waals surface area (Å²) in [6.45, 7) is 0. The molecule has 0 aliphatic heterocycles. The van der Waals surface area contributed by atoms with Gasteiger partial charge in [-0.1, -0.05) is 164 Å². The molecule has 1 atom stereocenters. The number of nitrogens with zero attached hydrogens (tertiary/aromatic N) is 3. The van der Waals surface area contributed by atoms with E-state index >= 15 is 0 Å². The van der Waals surface area contributed by atoms with E-state index in [-0.39, 0.29) is 0 Å². The largest absolute Gasteiger partial charge is 0.264 e. The van der Waals surface area contributed by atoms with Gasteiger partial charge in [0.1, 0.15) is 0 Å². The van der Waals surface area contributed by atoms with E-state index in [2.05, 4.69) is 193 Å². The average Bonchev–Trinajstić information content (AvgIpc) is 3.60. The van der Waals surface area contributed by atoms with E-state index in [0.717, 1.165) is 55.4 Å². The molecule has 0 N–H and O–H groups in total. The molecule has 0 saturated heterocycles. The topological polar surface area (TPSA) is 38.7 Å². The van der Waals surface area contributed by atoms with Crippen LogP contribution in [0.3, 0.4) is 0 Å². The van der Waals surface area contributed by atoms with Crippen LogP contribution in [0.5, 0.6) is 0 Å². The number of rotatable bonds is 6. The molecule has 57 heavy (non-hydrogen) atoms. The molecule has 266 valence electrons. The van der Waals surface area contributed by atoms with Crippen LogP contribution in [0.2, 0.25) is 0 Å². The Balaban J connectivity index is 0.986. The third-order valence-electron chi connectivity index (χ3n) is 11.6. The monoisotopic (exact) mass is 725 g/mol. The first-order valence-corrected chi connectivity index (χ1v) is 19.4. The van der Waals surface area contributed by atoms with E-state index in [4.69, 9.17) is 9.97 Å². The van der Waals surface area contributed by atoms with Gasteiger partial charge in [0.05, 0.1) is 27.8 Å². The molecule has 0 bridgehead atoms. The van der Waals surface area contributed by atoms with E-state index < -0.39 is 5.41 Å². The first-order valence-electron chi connectivity index (χ1n) is 19.4. The van der Waals surface area contributed by atoms with Crippen molar-refractivity contribution in [3.8, 4) is 55.9 Å². The lowest BCUT2D eigenvalue weighted by molar-refractivity contribution is 0.763. The van der Waals surface area contributed by atoms with Gasteiger partial charge in [0, 0.05) is 34.3 Å². The van der Waals surface area contributed by atoms with Crippen molar-refractivity contribution in [3.63, 3.8) is 0 Å². The van der Waals surface area contributed by atoms with Crippen molar-refractivity contribution in [2.24, 2.45) is 0 Å². The SMILES string of the molecule is c1ccc(-c2ccc3ccc4ccc(-c5cccc(-c6cccc(-c7ccc8c(c7)-c7ccccc7C8(c7ccccc7)c7cccnc7)c6)c5)nc4c3n2)cc1. The van der Waals surface area contributed by atoms with Gasteiger partial charge < -0.3 is 0 Å². The highest BCUT2D eigenvalue weighted by Gasteiger charge is 2.46. The molecule has 1 unspecified atom stereocenters. The molecule has 3 heterocycles. The van der Waals surface area contributed by atoms with Crippen molar-refractivity contribution in [1.82, 2.24) is 15.0 Å². The molecule has 0 spiro atoms. The fourth-order valence-corrected chi connectivity index (χ4v) is 8.96. The Morgan fingerprint density at radius 1 is 0.333 bits per heavy atom. The zero-order valence-corrected chi connectivity index (χ0v) is 31.0. The Hall–Kier alpha value is -7.49. The van der Waals surface area contributed by atoms with Crippen LogP contribution in [0, 0.1) is 0 Å². The summed E-state index contributed by atoms with van der Waals surface area (Å²) >= 11 is 0. The maximum atomic E-state index is 5.25. The minimum atomic E-state index is -0.467. The van der Waals surface area contributed by atoms with Crippen LogP contribution < -0.4 is 0 Å². The fourth-order valence-electron chi connectivity index (χ4n) is 8.96. The van der Waals surface area contributed by atoms with Crippen LogP contribution in [0.25, 0.3) is 77.7 Å². The highest BCUT2D eigenvalue weighted by molar-refractivity contribution is 6.04. The summed E-state index contributed by atoms with van der Waals surface area (Å²) in [5, 5.41) is 2.15. The maximum Gasteiger partial charge on any atom is 0.0972 e. The molecule has 0 radical (unpaired) electrons. The number of hydrogen-bond donors (Lipinski definition) is 0. The van der Waals surface area contributed by atoms with Crippen molar-refractivity contribution in [1.29, 1.82) is 0 Å². The van der Waals surface area contributed by atoms with E-state index in [1.807, 2.05) is 24.5 Å². The standard InChI is InChI=1S/C54H35N3/c1-3-12-36(13-4-1)50-29-26-37-23-24-38-27-30-51(57-53(38)52(37)56-50)43-17-10-16-41(33-43)39-14-9-15-40(32-39)42-25-28-49-47(34-42)46-21-7-8-22-48(46)54(49,44-18-5-2-6-19-44)45-20-11-31-55-35-45/h1-35H. The normalized spacial score (nSPS) is 14.4. The smallest absolute Gasteiger partial charge is 0.0972 e. The molecule has 3 nitrogen and oxygen atoms in total. The van der Waals surface area contributed by atoms with Gasteiger partial charge in [-0.15, -0.1) is 0 Å². The Morgan fingerprint density at radius 2 is 0.860 bits per heavy atom. The number of fused-ring (bicyclic) bond motifs is 6. The number of benzene rings is 7. The number of aromatic nitrogens is 3. The predicted octanol–water partition coefficient (Wildman–Crippen LogP) is 13.2. The molecule has 11 rings (SSSR count). The van der Waals surface area contributed by atoms with Crippen LogP contribution in [0.15, 0.2) is 213 Å². The van der Waals surface area contributed by atoms with Crippen molar-refractivity contribution in [2.45, 2.75) is 5.41 Å². The van der Waals surface area contributed by atoms with Crippen molar-refractivity contribution >= 4 is 21.8 Å². The predicted molar refractivity (Wildman–Crippen MR) is 234 cm³/mol. The van der Waals surface area contributed by atoms with Gasteiger partial charge in [0.25, 0.3) is 0 Å². The molecule has 7 aromatic carbocycles. The maximum absolute atomic E-state index is 5.25. The van der Waals surface area contributed by atoms with Crippen LogP contribution in [-0.2, 0) is 5.41 Å². The number of pyridine rings is 3. The quantitative estimate of drug-likeness (QED) is 0.160. The van der Waals surface area contributed by atoms with Crippen molar-refractivity contribution in [3.05, 3.63) is 235 Å². The Labute approximate surface area is 331 Å². The first-order chi connectivity index (χ1) is 28.2. The molecule has 3 aromatic heterocycles. The van der Waals surface area contributed by atoms with E-state index in [1.54, 1.807) is 0 Å². The van der Waals surface area contributed by atoms with Gasteiger partial charge in [-0.05, 0) is 92.0 Å². The second kappa shape index (κ2) is 13.4. The van der Waals surface area contributed by atoms with Crippen LogP contribution in [-0.4, -0.2) is 15.0 Å². The minimum absolute atomic E-state index is 0.467. The van der Waals surface area contributed by atoms with Crippen LogP contribution >= 0.6 is 0 Å². The molecule has 0 fully saturated rings. The van der Waals surface area contributed by atoms with Gasteiger partial charge in [-0.2, -0.15) is 0 Å². The fraction of sp³-hybridized carbons (Fsp3) is 0.0185. The van der Waals surface area contributed by atoms with Crippen molar-refractivity contribution < 1.29 is 0 Å². The summed E-state index contributed by atoms with van der Waals surface area (Å²) < 4.78 is 0. The summed E-state index contributed by atoms with van der Waals surface area (Å²) in [6.07, 6.45) is 3.88. The summed E-state index contributed by atoms with van der Waals surface area (Å²) in [6, 6.07) is 71.7. The van der Waals surface area contributed by atoms with E-state index in [9.17, 15) is 0 Å². The summed E-state index contributed by atoms with van der Waals surface area (Å²) in [5.74, 6) is 0. The third-order valence-corrected chi connectivity index (χ3v) is 11.6. The highest BCUT2D eigenvalue weighted by Crippen LogP contribution is 2.56. The summed E-state index contributed by atoms with van der Waals surface area (Å²) in [4.78, 5) is 15.0. The third kappa shape index (κ3) is 5.39. The van der Waals surface area contributed by atoms with Gasteiger partial charge >= 0.3 is 0 Å². The van der Waals surface area contributed by atoms with Gasteiger partial charge in [-0.25, -0.2) is 9.97 Å². The molecular formula is C54H35N3. The molecule has 0 amide bonds. The first kappa shape index (κ1) is 32.9. The Morgan fingerprint density at radius 3 is 1.54 bits per heavy atom. The summed E-state index contributed by atoms with van der Waals surface area (Å²) in [5.41, 5.74) is 17.5. The van der Waals surface area contributed by atoms with E-state index in [0.29, 0.717) is 0 Å². The zero-order chi connectivity index (χ0) is 37.8. The Kier molecular flexibility index (Phi) is 7.71. The van der Waals surface area contributed by atoms with Crippen molar-refractivity contribution in [2.75, 3.05) is 0 Å². The van der Waals surface area contributed by atoms with Crippen LogP contribution in [0.1, 0.15) is 22.3 Å². The summed E-state index contributed by atoms with van der Waals surface area (Å²) in [7, 11) is 0. The molecular weight excluding hydrogens is 691 g/mol. The second-order valence-corrected chi connectivity index (χ2v) is 14.8. The molecule has 0 saturated carbocycles. The van der Waals surface area contributed by atoms with Gasteiger partial charge in [0.15, 0.2) is 0 Å². The highest BCUT2D eigenvalue weighted by atomic mass is 14.8. The van der Waals surface area contributed by atoms with Crippen LogP contribution in [0.4, 0.5) is 0 Å². The lowest BCUT2D eigenvalue weighted by Crippen LogP contribution is -2.28. The number of hydrogen-bond acceptors (Lipinski definition) is 3. The second-order valence-electron chi connectivity index (χ2n) is 14.8.